The molecule has 0 bridgehead atoms. The van der Waals surface area contributed by atoms with Gasteiger partial charge in [-0.2, -0.15) is 0 Å². The number of hydrogen-bond donors (Lipinski definition) is 1. The van der Waals surface area contributed by atoms with Crippen LogP contribution < -0.4 is 9.47 Å². The molecule has 1 aromatic rings. The maximum Gasteiger partial charge on any atom is 0.303 e. The van der Waals surface area contributed by atoms with Crippen LogP contribution in [0.25, 0.3) is 0 Å². The van der Waals surface area contributed by atoms with Gasteiger partial charge in [0.2, 0.25) is 0 Å². The molecule has 0 radical (unpaired) electrons. The van der Waals surface area contributed by atoms with Gasteiger partial charge in [0, 0.05) is 12.0 Å². The van der Waals surface area contributed by atoms with Crippen LogP contribution >= 0.6 is 0 Å². The normalized spacial score (nSPS) is 13.6. The molecule has 0 spiro atoms. The van der Waals surface area contributed by atoms with Crippen LogP contribution in [0.5, 0.6) is 11.5 Å². The van der Waals surface area contributed by atoms with Gasteiger partial charge in [-0.1, -0.05) is 0 Å². The topological polar surface area (TPSA) is 55.8 Å². The van der Waals surface area contributed by atoms with Crippen LogP contribution in [0.4, 0.5) is 8.78 Å². The number of benzene rings is 1. The lowest BCUT2D eigenvalue weighted by atomic mass is 10.0. The van der Waals surface area contributed by atoms with E-state index in [0.717, 1.165) is 0 Å². The standard InChI is InChI=1S/C13H14F2O4/c14-13(15)9-6-8(2-1-3-11(16)17)12-10(7-9)18-4-5-19-12/h6-7,13H,1-5H2,(H,16,17). The molecule has 1 aromatic carbocycles. The summed E-state index contributed by atoms with van der Waals surface area (Å²) < 4.78 is 36.3. The first-order chi connectivity index (χ1) is 9.08. The number of alkyl halides is 2. The molecule has 0 saturated heterocycles. The first-order valence-electron chi connectivity index (χ1n) is 6.00. The van der Waals surface area contributed by atoms with Gasteiger partial charge in [0.25, 0.3) is 6.43 Å². The molecule has 0 unspecified atom stereocenters. The van der Waals surface area contributed by atoms with Crippen LogP contribution in [0.15, 0.2) is 12.1 Å². The van der Waals surface area contributed by atoms with Gasteiger partial charge in [-0.05, 0) is 30.5 Å². The molecule has 0 saturated carbocycles. The lowest BCUT2D eigenvalue weighted by Crippen LogP contribution is -2.17. The van der Waals surface area contributed by atoms with E-state index < -0.39 is 12.4 Å². The Kier molecular flexibility index (Phi) is 4.19. The molecule has 1 aliphatic rings. The second-order valence-corrected chi connectivity index (χ2v) is 4.25. The van der Waals surface area contributed by atoms with E-state index in [9.17, 15) is 13.6 Å². The van der Waals surface area contributed by atoms with E-state index in [1.165, 1.54) is 12.1 Å². The Hall–Kier alpha value is -1.85. The third-order valence-corrected chi connectivity index (χ3v) is 2.83. The second kappa shape index (κ2) is 5.86. The van der Waals surface area contributed by atoms with Crippen LogP contribution in [-0.2, 0) is 11.2 Å². The molecule has 0 atom stereocenters. The SMILES string of the molecule is O=C(O)CCCc1cc(C(F)F)cc2c1OCCO2. The molecule has 0 amide bonds. The predicted molar refractivity (Wildman–Crippen MR) is 63.0 cm³/mol. The molecule has 6 heteroatoms. The Morgan fingerprint density at radius 2 is 2.05 bits per heavy atom. The summed E-state index contributed by atoms with van der Waals surface area (Å²) in [7, 11) is 0. The summed E-state index contributed by atoms with van der Waals surface area (Å²) in [6.45, 7) is 0.696. The van der Waals surface area contributed by atoms with E-state index in [4.69, 9.17) is 14.6 Å². The minimum absolute atomic E-state index is 0.00542. The van der Waals surface area contributed by atoms with Crippen LogP contribution in [0.2, 0.25) is 0 Å². The molecule has 104 valence electrons. The molecular weight excluding hydrogens is 258 g/mol. The molecule has 2 rings (SSSR count). The van der Waals surface area contributed by atoms with Crippen molar-refractivity contribution in [1.29, 1.82) is 0 Å². The van der Waals surface area contributed by atoms with E-state index in [1.807, 2.05) is 0 Å². The predicted octanol–water partition coefficient (Wildman–Crippen LogP) is 2.80. The number of aryl methyl sites for hydroxylation is 1. The highest BCUT2D eigenvalue weighted by Crippen LogP contribution is 2.38. The number of fused-ring (bicyclic) bond motifs is 1. The number of halogens is 2. The molecule has 0 fully saturated rings. The lowest BCUT2D eigenvalue weighted by Gasteiger charge is -2.22. The zero-order chi connectivity index (χ0) is 13.8. The smallest absolute Gasteiger partial charge is 0.303 e. The van der Waals surface area contributed by atoms with Gasteiger partial charge >= 0.3 is 5.97 Å². The van der Waals surface area contributed by atoms with Crippen LogP contribution in [-0.4, -0.2) is 24.3 Å². The van der Waals surface area contributed by atoms with Crippen molar-refractivity contribution in [3.05, 3.63) is 23.3 Å². The van der Waals surface area contributed by atoms with E-state index in [0.29, 0.717) is 43.1 Å². The third kappa shape index (κ3) is 3.33. The highest BCUT2D eigenvalue weighted by molar-refractivity contribution is 5.66. The van der Waals surface area contributed by atoms with Crippen molar-refractivity contribution in [3.63, 3.8) is 0 Å². The Bertz CT molecular complexity index is 474. The lowest BCUT2D eigenvalue weighted by molar-refractivity contribution is -0.137. The van der Waals surface area contributed by atoms with Gasteiger partial charge in [-0.15, -0.1) is 0 Å². The summed E-state index contributed by atoms with van der Waals surface area (Å²) in [5, 5.41) is 8.60. The summed E-state index contributed by atoms with van der Waals surface area (Å²) >= 11 is 0. The molecule has 1 N–H and O–H groups in total. The van der Waals surface area contributed by atoms with E-state index in [2.05, 4.69) is 0 Å². The number of aliphatic carboxylic acids is 1. The van der Waals surface area contributed by atoms with Crippen LogP contribution in [0.1, 0.15) is 30.4 Å². The Balaban J connectivity index is 2.23. The summed E-state index contributed by atoms with van der Waals surface area (Å²) in [6, 6.07) is 2.64. The van der Waals surface area contributed by atoms with Gasteiger partial charge in [-0.3, -0.25) is 4.79 Å². The zero-order valence-corrected chi connectivity index (χ0v) is 10.2. The third-order valence-electron chi connectivity index (χ3n) is 2.83. The van der Waals surface area contributed by atoms with Crippen LogP contribution in [0, 0.1) is 0 Å². The van der Waals surface area contributed by atoms with Crippen molar-refractivity contribution < 1.29 is 28.2 Å². The average molecular weight is 272 g/mol. The fourth-order valence-electron chi connectivity index (χ4n) is 1.99. The largest absolute Gasteiger partial charge is 0.486 e. The minimum atomic E-state index is -2.59. The second-order valence-electron chi connectivity index (χ2n) is 4.25. The Labute approximate surface area is 108 Å². The number of hydrogen-bond acceptors (Lipinski definition) is 3. The van der Waals surface area contributed by atoms with Crippen molar-refractivity contribution >= 4 is 5.97 Å². The minimum Gasteiger partial charge on any atom is -0.486 e. The summed E-state index contributed by atoms with van der Waals surface area (Å²) in [6.07, 6.45) is -1.85. The average Bonchev–Trinajstić information content (AvgIpc) is 2.38. The monoisotopic (exact) mass is 272 g/mol. The van der Waals surface area contributed by atoms with Gasteiger partial charge < -0.3 is 14.6 Å². The Morgan fingerprint density at radius 1 is 1.32 bits per heavy atom. The van der Waals surface area contributed by atoms with Crippen molar-refractivity contribution in [1.82, 2.24) is 0 Å². The molecule has 0 aliphatic carbocycles. The first-order valence-corrected chi connectivity index (χ1v) is 6.00. The van der Waals surface area contributed by atoms with Crippen LogP contribution in [0.3, 0.4) is 0 Å². The van der Waals surface area contributed by atoms with E-state index in [1.54, 1.807) is 0 Å². The van der Waals surface area contributed by atoms with Crippen molar-refractivity contribution in [2.75, 3.05) is 13.2 Å². The molecule has 1 aliphatic heterocycles. The first kappa shape index (κ1) is 13.6. The maximum absolute atomic E-state index is 12.8. The van der Waals surface area contributed by atoms with E-state index >= 15 is 0 Å². The highest BCUT2D eigenvalue weighted by Gasteiger charge is 2.20. The molecule has 4 nitrogen and oxygen atoms in total. The van der Waals surface area contributed by atoms with E-state index in [-0.39, 0.29) is 12.0 Å². The van der Waals surface area contributed by atoms with Crippen molar-refractivity contribution in [2.24, 2.45) is 0 Å². The van der Waals surface area contributed by atoms with Crippen molar-refractivity contribution in [2.45, 2.75) is 25.7 Å². The fourth-order valence-corrected chi connectivity index (χ4v) is 1.99. The highest BCUT2D eigenvalue weighted by atomic mass is 19.3. The number of carboxylic acid groups (broad SMARTS) is 1. The fraction of sp³-hybridized carbons (Fsp3) is 0.462. The number of rotatable bonds is 5. The number of ether oxygens (including phenoxy) is 2. The zero-order valence-electron chi connectivity index (χ0n) is 10.2. The summed E-state index contributed by atoms with van der Waals surface area (Å²) in [5.74, 6) is -0.133. The molecule has 19 heavy (non-hydrogen) atoms. The molecule has 1 heterocycles. The molecule has 0 aromatic heterocycles. The van der Waals surface area contributed by atoms with Gasteiger partial charge in [0.15, 0.2) is 11.5 Å². The molecular formula is C13H14F2O4. The Morgan fingerprint density at radius 3 is 2.74 bits per heavy atom. The number of carbonyl (C=O) groups is 1. The van der Waals surface area contributed by atoms with Gasteiger partial charge in [0.05, 0.1) is 0 Å². The van der Waals surface area contributed by atoms with Crippen molar-refractivity contribution in [3.8, 4) is 11.5 Å². The summed E-state index contributed by atoms with van der Waals surface area (Å²) in [5.41, 5.74) is 0.448. The van der Waals surface area contributed by atoms with Gasteiger partial charge in [0.1, 0.15) is 13.2 Å². The quantitative estimate of drug-likeness (QED) is 0.895. The summed E-state index contributed by atoms with van der Waals surface area (Å²) in [4.78, 5) is 10.5. The van der Waals surface area contributed by atoms with Gasteiger partial charge in [-0.25, -0.2) is 8.78 Å². The maximum atomic E-state index is 12.8. The number of carboxylic acids is 1.